The van der Waals surface area contributed by atoms with Crippen molar-refractivity contribution in [3.8, 4) is 0 Å². The van der Waals surface area contributed by atoms with Crippen molar-refractivity contribution in [3.05, 3.63) is 110 Å². The van der Waals surface area contributed by atoms with E-state index in [9.17, 15) is 14.4 Å². The third kappa shape index (κ3) is 4.95. The second-order valence-corrected chi connectivity index (χ2v) is 8.58. The number of hydrogen-bond acceptors (Lipinski definition) is 3. The Morgan fingerprint density at radius 3 is 2.29 bits per heavy atom. The lowest BCUT2D eigenvalue weighted by Crippen LogP contribution is -2.24. The van der Waals surface area contributed by atoms with Gasteiger partial charge in [0, 0.05) is 27.9 Å². The van der Waals surface area contributed by atoms with E-state index in [2.05, 4.69) is 5.32 Å². The predicted molar refractivity (Wildman–Crippen MR) is 137 cm³/mol. The predicted octanol–water partition coefficient (Wildman–Crippen LogP) is 5.65. The van der Waals surface area contributed by atoms with Crippen LogP contribution < -0.4 is 10.7 Å². The molecule has 0 saturated heterocycles. The van der Waals surface area contributed by atoms with E-state index in [1.165, 1.54) is 6.20 Å². The van der Waals surface area contributed by atoms with Crippen molar-refractivity contribution in [1.29, 1.82) is 0 Å². The van der Waals surface area contributed by atoms with Gasteiger partial charge in [-0.2, -0.15) is 0 Å². The number of rotatable bonds is 7. The third-order valence-electron chi connectivity index (χ3n) is 5.84. The summed E-state index contributed by atoms with van der Waals surface area (Å²) in [6, 6.07) is 19.7. The smallest absolute Gasteiger partial charge is 0.244 e. The number of carbonyl (C=O) groups is 2. The molecule has 4 rings (SSSR count). The molecule has 34 heavy (non-hydrogen) atoms. The standard InChI is InChI=1S/C28H25ClN2O3/c1-3-18-8-11-20(12-9-18)27(33)24-16-31(17-26(32)30-22-7-5-6-21(29)15-22)25-13-10-19(4-2)14-23(25)28(24)34/h5-16H,3-4,17H2,1-2H3,(H,30,32). The largest absolute Gasteiger partial charge is 0.337 e. The van der Waals surface area contributed by atoms with Gasteiger partial charge in [0.1, 0.15) is 6.54 Å². The Morgan fingerprint density at radius 1 is 0.912 bits per heavy atom. The first-order valence-corrected chi connectivity index (χ1v) is 11.6. The van der Waals surface area contributed by atoms with E-state index in [4.69, 9.17) is 11.6 Å². The van der Waals surface area contributed by atoms with E-state index >= 15 is 0 Å². The Hall–Kier alpha value is -3.70. The van der Waals surface area contributed by atoms with Crippen molar-refractivity contribution in [2.45, 2.75) is 33.2 Å². The number of nitrogens with one attached hydrogen (secondary N) is 1. The minimum atomic E-state index is -0.361. The topological polar surface area (TPSA) is 68.2 Å². The van der Waals surface area contributed by atoms with Gasteiger partial charge in [-0.1, -0.05) is 61.8 Å². The summed E-state index contributed by atoms with van der Waals surface area (Å²) in [5.41, 5.74) is 3.41. The monoisotopic (exact) mass is 472 g/mol. The molecule has 0 aliphatic carbocycles. The first kappa shape index (κ1) is 23.5. The number of aromatic nitrogens is 1. The fourth-order valence-corrected chi connectivity index (χ4v) is 4.12. The second kappa shape index (κ2) is 10.1. The number of anilines is 1. The first-order chi connectivity index (χ1) is 16.4. The average Bonchev–Trinajstić information content (AvgIpc) is 2.85. The van der Waals surface area contributed by atoms with Crippen LogP contribution in [0.3, 0.4) is 0 Å². The second-order valence-electron chi connectivity index (χ2n) is 8.14. The highest BCUT2D eigenvalue weighted by molar-refractivity contribution is 6.30. The molecule has 1 aromatic heterocycles. The molecule has 172 valence electrons. The van der Waals surface area contributed by atoms with Gasteiger partial charge in [-0.25, -0.2) is 0 Å². The molecule has 0 atom stereocenters. The van der Waals surface area contributed by atoms with Gasteiger partial charge in [0.25, 0.3) is 0 Å². The Labute approximate surface area is 203 Å². The molecule has 5 nitrogen and oxygen atoms in total. The number of benzene rings is 3. The summed E-state index contributed by atoms with van der Waals surface area (Å²) >= 11 is 6.02. The lowest BCUT2D eigenvalue weighted by molar-refractivity contribution is -0.116. The van der Waals surface area contributed by atoms with Crippen LogP contribution in [0.2, 0.25) is 5.02 Å². The van der Waals surface area contributed by atoms with Gasteiger partial charge < -0.3 is 9.88 Å². The van der Waals surface area contributed by atoms with Crippen molar-refractivity contribution < 1.29 is 9.59 Å². The van der Waals surface area contributed by atoms with Crippen LogP contribution in [0, 0.1) is 0 Å². The fourth-order valence-electron chi connectivity index (χ4n) is 3.93. The molecule has 0 radical (unpaired) electrons. The Bertz CT molecular complexity index is 1440. The number of halogens is 1. The Kier molecular flexibility index (Phi) is 6.94. The van der Waals surface area contributed by atoms with Crippen molar-refractivity contribution in [3.63, 3.8) is 0 Å². The van der Waals surface area contributed by atoms with Crippen molar-refractivity contribution in [1.82, 2.24) is 4.57 Å². The zero-order chi connectivity index (χ0) is 24.2. The molecule has 0 aliphatic heterocycles. The minimum Gasteiger partial charge on any atom is -0.337 e. The number of amides is 1. The van der Waals surface area contributed by atoms with E-state index in [1.54, 1.807) is 47.0 Å². The van der Waals surface area contributed by atoms with E-state index in [0.717, 1.165) is 24.0 Å². The number of fused-ring (bicyclic) bond motifs is 1. The number of ketones is 1. The molecule has 1 amide bonds. The zero-order valence-corrected chi connectivity index (χ0v) is 19.9. The molecule has 0 fully saturated rings. The van der Waals surface area contributed by atoms with E-state index in [-0.39, 0.29) is 29.2 Å². The number of carbonyl (C=O) groups excluding carboxylic acids is 2. The normalized spacial score (nSPS) is 10.9. The van der Waals surface area contributed by atoms with Gasteiger partial charge >= 0.3 is 0 Å². The molecular formula is C28H25ClN2O3. The van der Waals surface area contributed by atoms with Crippen LogP contribution in [0.5, 0.6) is 0 Å². The van der Waals surface area contributed by atoms with Gasteiger partial charge in [-0.05, 0) is 54.3 Å². The molecule has 0 unspecified atom stereocenters. The molecule has 6 heteroatoms. The van der Waals surface area contributed by atoms with Crippen LogP contribution in [0.15, 0.2) is 77.7 Å². The van der Waals surface area contributed by atoms with Crippen LogP contribution in [0.1, 0.15) is 40.9 Å². The van der Waals surface area contributed by atoms with Crippen LogP contribution in [0.4, 0.5) is 5.69 Å². The highest BCUT2D eigenvalue weighted by atomic mass is 35.5. The van der Waals surface area contributed by atoms with Gasteiger partial charge in [0.2, 0.25) is 11.3 Å². The molecule has 0 spiro atoms. The lowest BCUT2D eigenvalue weighted by Gasteiger charge is -2.14. The average molecular weight is 473 g/mol. The van der Waals surface area contributed by atoms with Crippen molar-refractivity contribution in [2.24, 2.45) is 0 Å². The number of aryl methyl sites for hydroxylation is 2. The zero-order valence-electron chi connectivity index (χ0n) is 19.1. The SMILES string of the molecule is CCc1ccc(C(=O)c2cn(CC(=O)Nc3cccc(Cl)c3)c3ccc(CC)cc3c2=O)cc1. The minimum absolute atomic E-state index is 0.0422. The maximum absolute atomic E-state index is 13.4. The maximum atomic E-state index is 13.4. The third-order valence-corrected chi connectivity index (χ3v) is 6.08. The van der Waals surface area contributed by atoms with E-state index in [1.807, 2.05) is 38.1 Å². The summed E-state index contributed by atoms with van der Waals surface area (Å²) < 4.78 is 1.66. The number of pyridine rings is 1. The molecule has 4 aromatic rings. The maximum Gasteiger partial charge on any atom is 0.244 e. The Balaban J connectivity index is 1.77. The molecular weight excluding hydrogens is 448 g/mol. The summed E-state index contributed by atoms with van der Waals surface area (Å²) in [6.45, 7) is 3.98. The first-order valence-electron chi connectivity index (χ1n) is 11.2. The summed E-state index contributed by atoms with van der Waals surface area (Å²) in [6.07, 6.45) is 3.10. The highest BCUT2D eigenvalue weighted by Crippen LogP contribution is 2.19. The molecule has 0 aliphatic rings. The lowest BCUT2D eigenvalue weighted by atomic mass is 9.99. The van der Waals surface area contributed by atoms with Crippen LogP contribution in [0.25, 0.3) is 10.9 Å². The summed E-state index contributed by atoms with van der Waals surface area (Å²) in [5.74, 6) is -0.655. The number of nitrogens with zero attached hydrogens (tertiary/aromatic N) is 1. The fraction of sp³-hybridized carbons (Fsp3) is 0.179. The molecule has 0 saturated carbocycles. The van der Waals surface area contributed by atoms with Crippen LogP contribution >= 0.6 is 11.6 Å². The summed E-state index contributed by atoms with van der Waals surface area (Å²) in [7, 11) is 0. The molecule has 1 N–H and O–H groups in total. The summed E-state index contributed by atoms with van der Waals surface area (Å²) in [5, 5.41) is 3.76. The number of hydrogen-bond donors (Lipinski definition) is 1. The summed E-state index contributed by atoms with van der Waals surface area (Å²) in [4.78, 5) is 39.5. The van der Waals surface area contributed by atoms with Gasteiger partial charge in [-0.15, -0.1) is 0 Å². The molecule has 0 bridgehead atoms. The van der Waals surface area contributed by atoms with Gasteiger partial charge in [0.05, 0.1) is 11.1 Å². The van der Waals surface area contributed by atoms with Gasteiger partial charge in [-0.3, -0.25) is 14.4 Å². The quantitative estimate of drug-likeness (QED) is 0.353. The van der Waals surface area contributed by atoms with Crippen LogP contribution in [-0.4, -0.2) is 16.3 Å². The van der Waals surface area contributed by atoms with E-state index in [0.29, 0.717) is 27.2 Å². The Morgan fingerprint density at radius 2 is 1.62 bits per heavy atom. The molecule has 3 aromatic carbocycles. The molecule has 1 heterocycles. The van der Waals surface area contributed by atoms with Crippen molar-refractivity contribution >= 4 is 39.9 Å². The highest BCUT2D eigenvalue weighted by Gasteiger charge is 2.18. The van der Waals surface area contributed by atoms with Crippen molar-refractivity contribution in [2.75, 3.05) is 5.32 Å². The van der Waals surface area contributed by atoms with Crippen LogP contribution in [-0.2, 0) is 24.2 Å². The van der Waals surface area contributed by atoms with Gasteiger partial charge in [0.15, 0.2) is 5.78 Å². The van der Waals surface area contributed by atoms with E-state index < -0.39 is 0 Å².